The Morgan fingerprint density at radius 2 is 1.74 bits per heavy atom. The number of carbonyl (C=O) groups is 1. The molecule has 1 saturated heterocycles. The number of benzene rings is 2. The molecule has 1 atom stereocenters. The SMILES string of the molecule is Cc1cccc(N([C@H](C)C(=O)NCc2ccc(N3CCN(C)CC3)cc2)S(C)(=O)=O)c1. The standard InChI is InChI=1S/C23H32N4O3S/c1-18-6-5-7-22(16-18)27(31(4,29)30)19(2)23(28)24-17-20-8-10-21(11-9-20)26-14-12-25(3)13-15-26/h5-11,16,19H,12-15,17H2,1-4H3,(H,24,28)/t19-/m1/s1. The van der Waals surface area contributed by atoms with Gasteiger partial charge < -0.3 is 15.1 Å². The number of amides is 1. The average molecular weight is 445 g/mol. The van der Waals surface area contributed by atoms with Crippen molar-refractivity contribution in [3.8, 4) is 0 Å². The number of anilines is 2. The molecule has 1 heterocycles. The van der Waals surface area contributed by atoms with Crippen LogP contribution in [-0.2, 0) is 21.4 Å². The molecule has 2 aromatic carbocycles. The summed E-state index contributed by atoms with van der Waals surface area (Å²) in [7, 11) is -1.49. The molecule has 2 aromatic rings. The van der Waals surface area contributed by atoms with E-state index in [4.69, 9.17) is 0 Å². The van der Waals surface area contributed by atoms with E-state index in [0.29, 0.717) is 12.2 Å². The van der Waals surface area contributed by atoms with Gasteiger partial charge in [0.1, 0.15) is 6.04 Å². The van der Waals surface area contributed by atoms with Crippen LogP contribution in [0.2, 0.25) is 0 Å². The van der Waals surface area contributed by atoms with E-state index in [-0.39, 0.29) is 5.91 Å². The Kier molecular flexibility index (Phi) is 7.23. The van der Waals surface area contributed by atoms with E-state index in [2.05, 4.69) is 34.3 Å². The number of hydrogen-bond donors (Lipinski definition) is 1. The zero-order valence-electron chi connectivity index (χ0n) is 18.7. The molecule has 1 aliphatic heterocycles. The minimum atomic E-state index is -3.62. The lowest BCUT2D eigenvalue weighted by molar-refractivity contribution is -0.122. The van der Waals surface area contributed by atoms with E-state index >= 15 is 0 Å². The highest BCUT2D eigenvalue weighted by atomic mass is 32.2. The van der Waals surface area contributed by atoms with Crippen LogP contribution < -0.4 is 14.5 Å². The number of nitrogens with zero attached hydrogens (tertiary/aromatic N) is 3. The average Bonchev–Trinajstić information content (AvgIpc) is 2.72. The lowest BCUT2D eigenvalue weighted by Crippen LogP contribution is -2.47. The number of likely N-dealkylation sites (N-methyl/N-ethyl adjacent to an activating group) is 1. The number of hydrogen-bond acceptors (Lipinski definition) is 5. The van der Waals surface area contributed by atoms with Crippen LogP contribution in [0.4, 0.5) is 11.4 Å². The Morgan fingerprint density at radius 1 is 1.10 bits per heavy atom. The third kappa shape index (κ3) is 5.98. The molecule has 168 valence electrons. The molecule has 3 rings (SSSR count). The molecular formula is C23H32N4O3S. The Labute approximate surface area is 185 Å². The molecule has 0 radical (unpaired) electrons. The Morgan fingerprint density at radius 3 is 2.32 bits per heavy atom. The van der Waals surface area contributed by atoms with Crippen molar-refractivity contribution in [1.29, 1.82) is 0 Å². The van der Waals surface area contributed by atoms with Gasteiger partial charge in [0.2, 0.25) is 15.9 Å². The summed E-state index contributed by atoms with van der Waals surface area (Å²) in [6.07, 6.45) is 1.12. The molecular weight excluding hydrogens is 412 g/mol. The lowest BCUT2D eigenvalue weighted by atomic mass is 10.1. The normalized spacial score (nSPS) is 16.1. The largest absolute Gasteiger partial charge is 0.369 e. The molecule has 0 unspecified atom stereocenters. The first-order valence-electron chi connectivity index (χ1n) is 10.5. The summed E-state index contributed by atoms with van der Waals surface area (Å²) in [4.78, 5) is 17.5. The van der Waals surface area contributed by atoms with Gasteiger partial charge in [-0.15, -0.1) is 0 Å². The van der Waals surface area contributed by atoms with Crippen LogP contribution in [0.15, 0.2) is 48.5 Å². The maximum absolute atomic E-state index is 12.8. The van der Waals surface area contributed by atoms with Crippen LogP contribution in [0.1, 0.15) is 18.1 Å². The van der Waals surface area contributed by atoms with Crippen molar-refractivity contribution in [2.75, 3.05) is 48.7 Å². The van der Waals surface area contributed by atoms with Gasteiger partial charge in [-0.05, 0) is 56.3 Å². The van der Waals surface area contributed by atoms with E-state index < -0.39 is 16.1 Å². The fourth-order valence-corrected chi connectivity index (χ4v) is 4.97. The summed E-state index contributed by atoms with van der Waals surface area (Å²) in [5.74, 6) is -0.338. The molecule has 31 heavy (non-hydrogen) atoms. The van der Waals surface area contributed by atoms with Crippen LogP contribution in [0.3, 0.4) is 0 Å². The number of carbonyl (C=O) groups excluding carboxylic acids is 1. The zero-order valence-corrected chi connectivity index (χ0v) is 19.5. The number of rotatable bonds is 7. The highest BCUT2D eigenvalue weighted by Gasteiger charge is 2.29. The maximum atomic E-state index is 12.8. The summed E-state index contributed by atoms with van der Waals surface area (Å²) in [5.41, 5.74) is 3.57. The van der Waals surface area contributed by atoms with Gasteiger partial charge in [-0.3, -0.25) is 9.10 Å². The number of piperazine rings is 1. The molecule has 7 nitrogen and oxygen atoms in total. The Balaban J connectivity index is 1.63. The van der Waals surface area contributed by atoms with Crippen molar-refractivity contribution in [3.05, 3.63) is 59.7 Å². The molecule has 0 aromatic heterocycles. The maximum Gasteiger partial charge on any atom is 0.243 e. The molecule has 0 aliphatic carbocycles. The first kappa shape index (κ1) is 23.1. The van der Waals surface area contributed by atoms with E-state index in [1.54, 1.807) is 25.1 Å². The van der Waals surface area contributed by atoms with Crippen molar-refractivity contribution in [2.24, 2.45) is 0 Å². The first-order valence-corrected chi connectivity index (χ1v) is 12.4. The summed E-state index contributed by atoms with van der Waals surface area (Å²) >= 11 is 0. The predicted octanol–water partition coefficient (Wildman–Crippen LogP) is 2.22. The van der Waals surface area contributed by atoms with Gasteiger partial charge in [-0.25, -0.2) is 8.42 Å². The Bertz CT molecular complexity index is 1000. The van der Waals surface area contributed by atoms with Gasteiger partial charge in [0.15, 0.2) is 0 Å². The monoisotopic (exact) mass is 444 g/mol. The van der Waals surface area contributed by atoms with Gasteiger partial charge in [0, 0.05) is 38.4 Å². The quantitative estimate of drug-likeness (QED) is 0.709. The number of aryl methyl sites for hydroxylation is 1. The van der Waals surface area contributed by atoms with Gasteiger partial charge in [0.05, 0.1) is 11.9 Å². The molecule has 1 fully saturated rings. The molecule has 1 N–H and O–H groups in total. The van der Waals surface area contributed by atoms with Gasteiger partial charge in [-0.1, -0.05) is 24.3 Å². The van der Waals surface area contributed by atoms with E-state index in [0.717, 1.165) is 43.6 Å². The Hall–Kier alpha value is -2.58. The topological polar surface area (TPSA) is 73.0 Å². The van der Waals surface area contributed by atoms with E-state index in [1.807, 2.05) is 25.1 Å². The smallest absolute Gasteiger partial charge is 0.243 e. The van der Waals surface area contributed by atoms with Crippen LogP contribution in [0.25, 0.3) is 0 Å². The zero-order chi connectivity index (χ0) is 22.6. The second kappa shape index (κ2) is 9.70. The van der Waals surface area contributed by atoms with Crippen molar-refractivity contribution in [2.45, 2.75) is 26.4 Å². The second-order valence-electron chi connectivity index (χ2n) is 8.25. The minimum Gasteiger partial charge on any atom is -0.369 e. The lowest BCUT2D eigenvalue weighted by Gasteiger charge is -2.34. The van der Waals surface area contributed by atoms with Crippen molar-refractivity contribution in [1.82, 2.24) is 10.2 Å². The third-order valence-electron chi connectivity index (χ3n) is 5.62. The number of nitrogens with one attached hydrogen (secondary N) is 1. The van der Waals surface area contributed by atoms with Crippen LogP contribution in [0.5, 0.6) is 0 Å². The van der Waals surface area contributed by atoms with E-state index in [9.17, 15) is 13.2 Å². The molecule has 0 spiro atoms. The highest BCUT2D eigenvalue weighted by molar-refractivity contribution is 7.92. The van der Waals surface area contributed by atoms with E-state index in [1.165, 1.54) is 9.99 Å². The van der Waals surface area contributed by atoms with Crippen LogP contribution in [-0.4, -0.2) is 64.7 Å². The third-order valence-corrected chi connectivity index (χ3v) is 6.86. The molecule has 0 saturated carbocycles. The molecule has 1 amide bonds. The summed E-state index contributed by atoms with van der Waals surface area (Å²) < 4.78 is 26.0. The minimum absolute atomic E-state index is 0.338. The fourth-order valence-electron chi connectivity index (χ4n) is 3.80. The number of sulfonamides is 1. The first-order chi connectivity index (χ1) is 14.6. The second-order valence-corrected chi connectivity index (χ2v) is 10.1. The van der Waals surface area contributed by atoms with Crippen LogP contribution >= 0.6 is 0 Å². The highest BCUT2D eigenvalue weighted by Crippen LogP contribution is 2.22. The fraction of sp³-hybridized carbons (Fsp3) is 0.435. The summed E-state index contributed by atoms with van der Waals surface area (Å²) in [6, 6.07) is 14.5. The summed E-state index contributed by atoms with van der Waals surface area (Å²) in [5, 5.41) is 2.88. The van der Waals surface area contributed by atoms with Crippen molar-refractivity contribution >= 4 is 27.3 Å². The molecule has 8 heteroatoms. The molecule has 0 bridgehead atoms. The van der Waals surface area contributed by atoms with Crippen molar-refractivity contribution < 1.29 is 13.2 Å². The van der Waals surface area contributed by atoms with Gasteiger partial charge >= 0.3 is 0 Å². The summed E-state index contributed by atoms with van der Waals surface area (Å²) in [6.45, 7) is 7.95. The van der Waals surface area contributed by atoms with Crippen molar-refractivity contribution in [3.63, 3.8) is 0 Å². The predicted molar refractivity (Wildman–Crippen MR) is 126 cm³/mol. The van der Waals surface area contributed by atoms with Gasteiger partial charge in [-0.2, -0.15) is 0 Å². The molecule has 1 aliphatic rings. The van der Waals surface area contributed by atoms with Crippen LogP contribution in [0, 0.1) is 6.92 Å². The van der Waals surface area contributed by atoms with Gasteiger partial charge in [0.25, 0.3) is 0 Å².